The van der Waals surface area contributed by atoms with Gasteiger partial charge in [0, 0.05) is 12.1 Å². The quantitative estimate of drug-likeness (QED) is 0.0359. The summed E-state index contributed by atoms with van der Waals surface area (Å²) >= 11 is 0. The van der Waals surface area contributed by atoms with Gasteiger partial charge >= 0.3 is 11.9 Å². The molecule has 3 rings (SSSR count). The van der Waals surface area contributed by atoms with Crippen molar-refractivity contribution < 1.29 is 42.3 Å². The first-order valence-corrected chi connectivity index (χ1v) is 18.2. The molecule has 0 aliphatic rings. The van der Waals surface area contributed by atoms with Crippen molar-refractivity contribution >= 4 is 20.5 Å². The third kappa shape index (κ3) is 10.1. The lowest BCUT2D eigenvalue weighted by molar-refractivity contribution is -0.183. The highest BCUT2D eigenvalue weighted by Crippen LogP contribution is 2.48. The van der Waals surface area contributed by atoms with Crippen LogP contribution in [0.4, 0.5) is 0 Å². The Kier molecular flexibility index (Phi) is 16.3. The van der Waals surface area contributed by atoms with E-state index in [0.29, 0.717) is 22.6 Å². The molecule has 3 aromatic carbocycles. The number of carbonyl (C=O) groups is 2. The highest BCUT2D eigenvalue weighted by molar-refractivity contribution is 7.44. The Morgan fingerprint density at radius 1 is 0.725 bits per heavy atom. The van der Waals surface area contributed by atoms with Gasteiger partial charge in [0.05, 0.1) is 59.7 Å². The largest absolute Gasteiger partial charge is 0.497 e. The molecular formula is C39H51N2O9P. The van der Waals surface area contributed by atoms with Crippen LogP contribution < -0.4 is 9.47 Å². The standard InChI is InChI=1S/C39H51N2O9P/c1-9-46-36(42)38(37(43)47-10-2,28-50-51(49-26-14-25-40)41(29(3)4)30(5)6)27-48-39(31-15-12-11-13-16-31,32-17-21-34(44-7)22-18-32)33-19-23-35(45-8)24-20-33/h11-13,15-24,29-30H,9-10,14,26-28H2,1-8H3. The SMILES string of the molecule is CCOC(=O)C(COP(OCCC#N)N(C(C)C)C(C)C)(COC(c1ccccc1)(c1ccc(OC)cc1)c1ccc(OC)cc1)C(=O)OCC. The number of hydrogen-bond acceptors (Lipinski definition) is 11. The van der Waals surface area contributed by atoms with Crippen molar-refractivity contribution in [2.45, 2.75) is 65.6 Å². The van der Waals surface area contributed by atoms with Gasteiger partial charge in [-0.3, -0.25) is 9.59 Å². The van der Waals surface area contributed by atoms with E-state index in [4.69, 9.17) is 32.7 Å². The first kappa shape index (κ1) is 41.4. The van der Waals surface area contributed by atoms with Crippen LogP contribution in [0.15, 0.2) is 78.9 Å². The van der Waals surface area contributed by atoms with Crippen LogP contribution in [0, 0.1) is 16.7 Å². The summed E-state index contributed by atoms with van der Waals surface area (Å²) in [5.74, 6) is -0.438. The number of carbonyl (C=O) groups excluding carboxylic acids is 2. The highest BCUT2D eigenvalue weighted by Gasteiger charge is 2.53. The molecule has 0 spiro atoms. The average Bonchev–Trinajstić information content (AvgIpc) is 3.13. The number of hydrogen-bond donors (Lipinski definition) is 0. The fourth-order valence-electron chi connectivity index (χ4n) is 5.68. The molecule has 0 aliphatic heterocycles. The first-order chi connectivity index (χ1) is 24.5. The maximum Gasteiger partial charge on any atom is 0.328 e. The van der Waals surface area contributed by atoms with Gasteiger partial charge in [-0.2, -0.15) is 5.26 Å². The molecule has 0 aromatic heterocycles. The molecule has 51 heavy (non-hydrogen) atoms. The summed E-state index contributed by atoms with van der Waals surface area (Å²) in [5.41, 5.74) is -1.30. The van der Waals surface area contributed by atoms with Crippen molar-refractivity contribution in [2.75, 3.05) is 47.3 Å². The van der Waals surface area contributed by atoms with E-state index in [1.165, 1.54) is 0 Å². The second-order valence-corrected chi connectivity index (χ2v) is 13.6. The molecule has 0 saturated heterocycles. The van der Waals surface area contributed by atoms with Crippen LogP contribution in [0.5, 0.6) is 11.5 Å². The molecular weight excluding hydrogens is 671 g/mol. The van der Waals surface area contributed by atoms with Gasteiger partial charge in [0.1, 0.15) is 17.1 Å². The fourth-order valence-corrected chi connectivity index (χ4v) is 7.36. The predicted molar refractivity (Wildman–Crippen MR) is 195 cm³/mol. The fraction of sp³-hybridized carbons (Fsp3) is 0.462. The third-order valence-electron chi connectivity index (χ3n) is 8.12. The Morgan fingerprint density at radius 3 is 1.61 bits per heavy atom. The Hall–Kier alpha value is -4.04. The Balaban J connectivity index is 2.27. The first-order valence-electron chi connectivity index (χ1n) is 17.1. The van der Waals surface area contributed by atoms with E-state index in [9.17, 15) is 14.9 Å². The summed E-state index contributed by atoms with van der Waals surface area (Å²) in [6.45, 7) is 10.4. The number of ether oxygens (including phenoxy) is 5. The average molecular weight is 723 g/mol. The van der Waals surface area contributed by atoms with E-state index in [1.54, 1.807) is 28.1 Å². The lowest BCUT2D eigenvalue weighted by Crippen LogP contribution is -2.51. The van der Waals surface area contributed by atoms with Crippen LogP contribution in [-0.4, -0.2) is 75.9 Å². The van der Waals surface area contributed by atoms with Crippen molar-refractivity contribution in [3.05, 3.63) is 95.6 Å². The zero-order valence-electron chi connectivity index (χ0n) is 30.9. The number of rotatable bonds is 21. The van der Waals surface area contributed by atoms with Crippen LogP contribution in [0.1, 0.15) is 64.7 Å². The smallest absolute Gasteiger partial charge is 0.328 e. The number of benzene rings is 3. The topological polar surface area (TPSA) is 126 Å². The van der Waals surface area contributed by atoms with E-state index in [2.05, 4.69) is 6.07 Å². The van der Waals surface area contributed by atoms with Crippen LogP contribution in [-0.2, 0) is 38.4 Å². The van der Waals surface area contributed by atoms with Crippen LogP contribution in [0.2, 0.25) is 0 Å². The third-order valence-corrected chi connectivity index (χ3v) is 10.2. The molecule has 1 unspecified atom stereocenters. The summed E-state index contributed by atoms with van der Waals surface area (Å²) in [6, 6.07) is 26.4. The van der Waals surface area contributed by atoms with Crippen molar-refractivity contribution in [3.63, 3.8) is 0 Å². The number of nitrogens with zero attached hydrogens (tertiary/aromatic N) is 2. The molecule has 0 N–H and O–H groups in total. The summed E-state index contributed by atoms with van der Waals surface area (Å²) in [4.78, 5) is 28.4. The van der Waals surface area contributed by atoms with Gasteiger partial charge in [0.2, 0.25) is 5.41 Å². The molecule has 0 radical (unpaired) electrons. The molecule has 0 aliphatic carbocycles. The molecule has 1 atom stereocenters. The van der Waals surface area contributed by atoms with E-state index in [0.717, 1.165) is 5.56 Å². The zero-order valence-corrected chi connectivity index (χ0v) is 31.8. The maximum absolute atomic E-state index is 14.2. The Labute approximate surface area is 303 Å². The summed E-state index contributed by atoms with van der Waals surface area (Å²) in [7, 11) is 1.33. The van der Waals surface area contributed by atoms with Crippen LogP contribution in [0.3, 0.4) is 0 Å². The van der Waals surface area contributed by atoms with Gasteiger partial charge in [-0.1, -0.05) is 54.6 Å². The van der Waals surface area contributed by atoms with Crippen molar-refractivity contribution in [3.8, 4) is 17.6 Å². The van der Waals surface area contributed by atoms with Gasteiger partial charge in [-0.15, -0.1) is 0 Å². The van der Waals surface area contributed by atoms with Crippen molar-refractivity contribution in [1.82, 2.24) is 4.67 Å². The van der Waals surface area contributed by atoms with E-state index >= 15 is 0 Å². The van der Waals surface area contributed by atoms with Gasteiger partial charge in [0.15, 0.2) is 0 Å². The molecule has 0 amide bonds. The monoisotopic (exact) mass is 722 g/mol. The lowest BCUT2D eigenvalue weighted by Gasteiger charge is -2.40. The zero-order chi connectivity index (χ0) is 37.4. The highest BCUT2D eigenvalue weighted by atomic mass is 31.2. The predicted octanol–water partition coefficient (Wildman–Crippen LogP) is 7.42. The van der Waals surface area contributed by atoms with Crippen LogP contribution >= 0.6 is 8.53 Å². The van der Waals surface area contributed by atoms with E-state index in [-0.39, 0.29) is 38.3 Å². The molecule has 3 aromatic rings. The number of nitriles is 1. The minimum atomic E-state index is -2.08. The minimum absolute atomic E-state index is 0.00167. The molecule has 12 heteroatoms. The van der Waals surface area contributed by atoms with Gasteiger partial charge < -0.3 is 32.7 Å². The number of methoxy groups -OCH3 is 2. The maximum atomic E-state index is 14.2. The van der Waals surface area contributed by atoms with Crippen molar-refractivity contribution in [1.29, 1.82) is 5.26 Å². The van der Waals surface area contributed by atoms with Crippen LogP contribution in [0.25, 0.3) is 0 Å². The summed E-state index contributed by atoms with van der Waals surface area (Å²) in [6.07, 6.45) is 0.138. The van der Waals surface area contributed by atoms with E-state index in [1.807, 2.05) is 111 Å². The van der Waals surface area contributed by atoms with E-state index < -0.39 is 44.7 Å². The number of esters is 2. The minimum Gasteiger partial charge on any atom is -0.497 e. The van der Waals surface area contributed by atoms with Gasteiger partial charge in [-0.25, -0.2) is 4.67 Å². The normalized spacial score (nSPS) is 12.4. The second kappa shape index (κ2) is 20.1. The molecule has 0 fully saturated rings. The summed E-state index contributed by atoms with van der Waals surface area (Å²) in [5, 5.41) is 9.22. The lowest BCUT2D eigenvalue weighted by atomic mass is 9.79. The molecule has 0 heterocycles. The van der Waals surface area contributed by atoms with Gasteiger partial charge in [-0.05, 0) is 82.5 Å². The second-order valence-electron chi connectivity index (χ2n) is 12.1. The molecule has 0 bridgehead atoms. The molecule has 0 saturated carbocycles. The van der Waals surface area contributed by atoms with Crippen molar-refractivity contribution in [2.24, 2.45) is 5.41 Å². The Morgan fingerprint density at radius 2 is 1.20 bits per heavy atom. The summed E-state index contributed by atoms with van der Waals surface area (Å²) < 4.78 is 43.8. The molecule has 276 valence electrons. The Bertz CT molecular complexity index is 1470. The van der Waals surface area contributed by atoms with Gasteiger partial charge in [0.25, 0.3) is 8.53 Å². The molecule has 11 nitrogen and oxygen atoms in total.